The SMILES string of the molecule is CCCC(OCC)C(=O)c1cnn(CC)c1. The average Bonchev–Trinajstić information content (AvgIpc) is 2.76. The Labute approximate surface area is 96.6 Å². The maximum absolute atomic E-state index is 12.1. The highest BCUT2D eigenvalue weighted by atomic mass is 16.5. The van der Waals surface area contributed by atoms with E-state index in [0.29, 0.717) is 12.2 Å². The van der Waals surface area contributed by atoms with Gasteiger partial charge in [0.15, 0.2) is 5.78 Å². The van der Waals surface area contributed by atoms with E-state index in [4.69, 9.17) is 4.74 Å². The standard InChI is InChI=1S/C12H20N2O2/c1-4-7-11(16-6-3)12(15)10-8-13-14(5-2)9-10/h8-9,11H,4-7H2,1-3H3. The molecule has 1 unspecified atom stereocenters. The van der Waals surface area contributed by atoms with Crippen molar-refractivity contribution in [3.8, 4) is 0 Å². The summed E-state index contributed by atoms with van der Waals surface area (Å²) in [5.74, 6) is 0.0448. The van der Waals surface area contributed by atoms with Crippen LogP contribution in [0.25, 0.3) is 0 Å². The zero-order chi connectivity index (χ0) is 12.0. The Morgan fingerprint density at radius 1 is 1.50 bits per heavy atom. The van der Waals surface area contributed by atoms with E-state index in [1.165, 1.54) is 0 Å². The van der Waals surface area contributed by atoms with Crippen LogP contribution in [0.1, 0.15) is 44.0 Å². The second-order valence-electron chi connectivity index (χ2n) is 3.68. The molecule has 1 aromatic rings. The van der Waals surface area contributed by atoms with E-state index in [0.717, 1.165) is 19.4 Å². The summed E-state index contributed by atoms with van der Waals surface area (Å²) in [7, 11) is 0. The van der Waals surface area contributed by atoms with Crippen LogP contribution in [0.2, 0.25) is 0 Å². The molecule has 0 saturated heterocycles. The maximum Gasteiger partial charge on any atom is 0.194 e. The predicted molar refractivity (Wildman–Crippen MR) is 62.6 cm³/mol. The highest BCUT2D eigenvalue weighted by molar-refractivity contribution is 5.99. The number of carbonyl (C=O) groups excluding carboxylic acids is 1. The van der Waals surface area contributed by atoms with Gasteiger partial charge in [0, 0.05) is 19.3 Å². The molecular formula is C12H20N2O2. The fraction of sp³-hybridized carbons (Fsp3) is 0.667. The number of ketones is 1. The first-order valence-electron chi connectivity index (χ1n) is 5.91. The van der Waals surface area contributed by atoms with Crippen LogP contribution in [0, 0.1) is 0 Å². The van der Waals surface area contributed by atoms with Gasteiger partial charge in [-0.2, -0.15) is 5.10 Å². The fourth-order valence-electron chi connectivity index (χ4n) is 1.60. The van der Waals surface area contributed by atoms with Gasteiger partial charge in [-0.3, -0.25) is 9.48 Å². The number of carbonyl (C=O) groups is 1. The van der Waals surface area contributed by atoms with Gasteiger partial charge in [0.05, 0.1) is 11.8 Å². The summed E-state index contributed by atoms with van der Waals surface area (Å²) in [5, 5.41) is 4.10. The van der Waals surface area contributed by atoms with E-state index in [9.17, 15) is 4.79 Å². The number of ether oxygens (including phenoxy) is 1. The van der Waals surface area contributed by atoms with Crippen molar-refractivity contribution >= 4 is 5.78 Å². The van der Waals surface area contributed by atoms with E-state index in [2.05, 4.69) is 12.0 Å². The first-order valence-corrected chi connectivity index (χ1v) is 5.91. The molecule has 0 aliphatic rings. The lowest BCUT2D eigenvalue weighted by molar-refractivity contribution is 0.0423. The molecule has 4 nitrogen and oxygen atoms in total. The summed E-state index contributed by atoms with van der Waals surface area (Å²) < 4.78 is 7.21. The van der Waals surface area contributed by atoms with Crippen molar-refractivity contribution in [3.63, 3.8) is 0 Å². The third-order valence-corrected chi connectivity index (χ3v) is 2.45. The van der Waals surface area contributed by atoms with Gasteiger partial charge >= 0.3 is 0 Å². The van der Waals surface area contributed by atoms with Crippen LogP contribution in [-0.2, 0) is 11.3 Å². The molecular weight excluding hydrogens is 204 g/mol. The predicted octanol–water partition coefficient (Wildman–Crippen LogP) is 2.29. The van der Waals surface area contributed by atoms with E-state index in [-0.39, 0.29) is 11.9 Å². The molecule has 0 aromatic carbocycles. The fourth-order valence-corrected chi connectivity index (χ4v) is 1.60. The minimum absolute atomic E-state index is 0.0448. The zero-order valence-electron chi connectivity index (χ0n) is 10.3. The average molecular weight is 224 g/mol. The van der Waals surface area contributed by atoms with E-state index >= 15 is 0 Å². The number of aromatic nitrogens is 2. The first-order chi connectivity index (χ1) is 7.72. The highest BCUT2D eigenvalue weighted by Gasteiger charge is 2.20. The van der Waals surface area contributed by atoms with Gasteiger partial charge in [0.2, 0.25) is 0 Å². The van der Waals surface area contributed by atoms with Gasteiger partial charge in [-0.1, -0.05) is 13.3 Å². The lowest BCUT2D eigenvalue weighted by atomic mass is 10.1. The van der Waals surface area contributed by atoms with Gasteiger partial charge in [0.1, 0.15) is 6.10 Å². The Bertz CT molecular complexity index is 328. The molecule has 0 N–H and O–H groups in total. The van der Waals surface area contributed by atoms with Crippen molar-refractivity contribution in [2.45, 2.75) is 46.3 Å². The summed E-state index contributed by atoms with van der Waals surface area (Å²) in [4.78, 5) is 12.1. The lowest BCUT2D eigenvalue weighted by Gasteiger charge is -2.13. The van der Waals surface area contributed by atoms with Gasteiger partial charge in [-0.05, 0) is 20.3 Å². The van der Waals surface area contributed by atoms with Crippen molar-refractivity contribution in [2.75, 3.05) is 6.61 Å². The molecule has 1 heterocycles. The van der Waals surface area contributed by atoms with Crippen molar-refractivity contribution < 1.29 is 9.53 Å². The third-order valence-electron chi connectivity index (χ3n) is 2.45. The smallest absolute Gasteiger partial charge is 0.194 e. The number of Topliss-reactive ketones (excluding diaryl/α,β-unsaturated/α-hetero) is 1. The van der Waals surface area contributed by atoms with E-state index < -0.39 is 0 Å². The first kappa shape index (κ1) is 12.9. The number of hydrogen-bond acceptors (Lipinski definition) is 3. The molecule has 0 radical (unpaired) electrons. The number of aryl methyl sites for hydroxylation is 1. The molecule has 4 heteroatoms. The summed E-state index contributed by atoms with van der Waals surface area (Å²) in [6.07, 6.45) is 4.80. The van der Waals surface area contributed by atoms with Crippen molar-refractivity contribution in [2.24, 2.45) is 0 Å². The topological polar surface area (TPSA) is 44.1 Å². The van der Waals surface area contributed by atoms with Crippen molar-refractivity contribution in [1.82, 2.24) is 9.78 Å². The summed E-state index contributed by atoms with van der Waals surface area (Å²) in [5.41, 5.74) is 0.647. The van der Waals surface area contributed by atoms with Crippen LogP contribution >= 0.6 is 0 Å². The molecule has 0 bridgehead atoms. The molecule has 0 saturated carbocycles. The Kier molecular flexibility index (Phi) is 5.19. The number of rotatable bonds is 7. The molecule has 16 heavy (non-hydrogen) atoms. The lowest BCUT2D eigenvalue weighted by Crippen LogP contribution is -2.24. The molecule has 0 aliphatic carbocycles. The molecule has 90 valence electrons. The van der Waals surface area contributed by atoms with Gasteiger partial charge in [0.25, 0.3) is 0 Å². The van der Waals surface area contributed by atoms with Gasteiger partial charge in [-0.15, -0.1) is 0 Å². The molecule has 0 amide bonds. The highest BCUT2D eigenvalue weighted by Crippen LogP contribution is 2.10. The molecule has 0 aliphatic heterocycles. The van der Waals surface area contributed by atoms with Crippen molar-refractivity contribution in [3.05, 3.63) is 18.0 Å². The molecule has 1 atom stereocenters. The number of nitrogens with zero attached hydrogens (tertiary/aromatic N) is 2. The molecule has 1 rings (SSSR count). The van der Waals surface area contributed by atoms with Crippen LogP contribution < -0.4 is 0 Å². The zero-order valence-corrected chi connectivity index (χ0v) is 10.3. The Hall–Kier alpha value is -1.16. The van der Waals surface area contributed by atoms with Crippen molar-refractivity contribution in [1.29, 1.82) is 0 Å². The minimum atomic E-state index is -0.315. The van der Waals surface area contributed by atoms with E-state index in [1.807, 2.05) is 13.8 Å². The van der Waals surface area contributed by atoms with Crippen LogP contribution in [0.4, 0.5) is 0 Å². The van der Waals surface area contributed by atoms with Crippen LogP contribution in [0.5, 0.6) is 0 Å². The summed E-state index contributed by atoms with van der Waals surface area (Å²) in [6.45, 7) is 7.30. The Balaban J connectivity index is 2.72. The van der Waals surface area contributed by atoms with E-state index in [1.54, 1.807) is 17.1 Å². The molecule has 0 fully saturated rings. The summed E-state index contributed by atoms with van der Waals surface area (Å²) >= 11 is 0. The second kappa shape index (κ2) is 6.43. The summed E-state index contributed by atoms with van der Waals surface area (Å²) in [6, 6.07) is 0. The maximum atomic E-state index is 12.1. The van der Waals surface area contributed by atoms with Crippen LogP contribution in [0.3, 0.4) is 0 Å². The monoisotopic (exact) mass is 224 g/mol. The molecule has 1 aromatic heterocycles. The second-order valence-corrected chi connectivity index (χ2v) is 3.68. The minimum Gasteiger partial charge on any atom is -0.370 e. The number of hydrogen-bond donors (Lipinski definition) is 0. The third kappa shape index (κ3) is 3.17. The van der Waals surface area contributed by atoms with Gasteiger partial charge < -0.3 is 4.74 Å². The Morgan fingerprint density at radius 3 is 2.75 bits per heavy atom. The van der Waals surface area contributed by atoms with Gasteiger partial charge in [-0.25, -0.2) is 0 Å². The normalized spacial score (nSPS) is 12.7. The largest absolute Gasteiger partial charge is 0.370 e. The quantitative estimate of drug-likeness (QED) is 0.667. The molecule has 0 spiro atoms. The van der Waals surface area contributed by atoms with Crippen LogP contribution in [-0.4, -0.2) is 28.3 Å². The van der Waals surface area contributed by atoms with Crippen LogP contribution in [0.15, 0.2) is 12.4 Å². The Morgan fingerprint density at radius 2 is 2.25 bits per heavy atom.